The molecule has 2 aliphatic carbocycles. The fourth-order valence-corrected chi connectivity index (χ4v) is 5.65. The van der Waals surface area contributed by atoms with Gasteiger partial charge in [0.15, 0.2) is 0 Å². The fourth-order valence-electron chi connectivity index (χ4n) is 4.85. The summed E-state index contributed by atoms with van der Waals surface area (Å²) >= 11 is 7.43. The minimum absolute atomic E-state index is 0.287. The third-order valence-corrected chi connectivity index (χ3v) is 7.00. The lowest BCUT2D eigenvalue weighted by Gasteiger charge is -2.36. The zero-order valence-corrected chi connectivity index (χ0v) is 18.2. The van der Waals surface area contributed by atoms with Crippen LogP contribution in [0.3, 0.4) is 0 Å². The lowest BCUT2D eigenvalue weighted by molar-refractivity contribution is 0.474. The van der Waals surface area contributed by atoms with E-state index in [0.717, 1.165) is 15.4 Å². The number of fused-ring (bicyclic) bond motifs is 3. The minimum Gasteiger partial charge on any atom is -0.508 e. The number of halogens is 2. The van der Waals surface area contributed by atoms with Gasteiger partial charge in [-0.1, -0.05) is 86.5 Å². The largest absolute Gasteiger partial charge is 0.508 e. The van der Waals surface area contributed by atoms with Gasteiger partial charge in [-0.2, -0.15) is 0 Å². The standard InChI is InChI=1S/C25H18Br2O/c26-18-8-12-21-22-13-9-19(27)15-24(22)25(23(21)14-18,16-4-2-1-3-5-16)17-6-10-20(28)11-7-17/h1-12,14-15,22,28H,13H2. The molecule has 3 heteroatoms. The fraction of sp³-hybridized carbons (Fsp3) is 0.120. The topological polar surface area (TPSA) is 20.2 Å². The molecule has 0 aromatic heterocycles. The Morgan fingerprint density at radius 1 is 0.857 bits per heavy atom. The summed E-state index contributed by atoms with van der Waals surface area (Å²) in [6.45, 7) is 0. The zero-order chi connectivity index (χ0) is 19.3. The molecule has 2 unspecified atom stereocenters. The van der Waals surface area contributed by atoms with Crippen LogP contribution in [0.25, 0.3) is 0 Å². The number of aromatic hydroxyl groups is 1. The van der Waals surface area contributed by atoms with Gasteiger partial charge in [-0.05, 0) is 64.6 Å². The molecule has 2 atom stereocenters. The van der Waals surface area contributed by atoms with Gasteiger partial charge in [-0.25, -0.2) is 0 Å². The summed E-state index contributed by atoms with van der Waals surface area (Å²) in [5, 5.41) is 9.93. The van der Waals surface area contributed by atoms with E-state index >= 15 is 0 Å². The molecule has 3 aromatic carbocycles. The van der Waals surface area contributed by atoms with Crippen LogP contribution in [0.2, 0.25) is 0 Å². The molecule has 138 valence electrons. The maximum absolute atomic E-state index is 9.93. The number of rotatable bonds is 2. The molecule has 1 N–H and O–H groups in total. The molecule has 0 heterocycles. The van der Waals surface area contributed by atoms with Gasteiger partial charge in [0.05, 0.1) is 5.41 Å². The summed E-state index contributed by atoms with van der Waals surface area (Å²) in [5.74, 6) is 0.632. The maximum Gasteiger partial charge on any atom is 0.115 e. The third kappa shape index (κ3) is 2.57. The molecule has 0 saturated heterocycles. The predicted molar refractivity (Wildman–Crippen MR) is 121 cm³/mol. The Morgan fingerprint density at radius 3 is 2.32 bits per heavy atom. The van der Waals surface area contributed by atoms with E-state index in [2.05, 4.69) is 105 Å². The molecule has 1 nitrogen and oxygen atoms in total. The van der Waals surface area contributed by atoms with E-state index in [1.807, 2.05) is 0 Å². The molecule has 0 fully saturated rings. The average Bonchev–Trinajstić information content (AvgIpc) is 2.99. The molecule has 0 aliphatic heterocycles. The number of hydrogen-bond donors (Lipinski definition) is 1. The van der Waals surface area contributed by atoms with E-state index in [9.17, 15) is 5.11 Å². The molecule has 0 bridgehead atoms. The summed E-state index contributed by atoms with van der Waals surface area (Å²) in [6, 6.07) is 25.1. The molecule has 0 amide bonds. The molecular weight excluding hydrogens is 476 g/mol. The first-order chi connectivity index (χ1) is 13.6. The summed E-state index contributed by atoms with van der Waals surface area (Å²) in [4.78, 5) is 0. The lowest BCUT2D eigenvalue weighted by Crippen LogP contribution is -2.29. The van der Waals surface area contributed by atoms with E-state index < -0.39 is 0 Å². The molecule has 2 aliphatic rings. The first kappa shape index (κ1) is 18.0. The van der Waals surface area contributed by atoms with Gasteiger partial charge in [0, 0.05) is 14.9 Å². The second kappa shape index (κ2) is 6.75. The van der Waals surface area contributed by atoms with E-state index in [4.69, 9.17) is 0 Å². The van der Waals surface area contributed by atoms with Gasteiger partial charge < -0.3 is 5.11 Å². The van der Waals surface area contributed by atoms with Crippen LogP contribution in [-0.2, 0) is 5.41 Å². The number of phenols is 1. The van der Waals surface area contributed by atoms with Crippen LogP contribution in [0.5, 0.6) is 5.75 Å². The molecule has 0 spiro atoms. The van der Waals surface area contributed by atoms with Gasteiger partial charge in [-0.3, -0.25) is 0 Å². The van der Waals surface area contributed by atoms with Crippen molar-refractivity contribution in [3.05, 3.63) is 122 Å². The molecule has 28 heavy (non-hydrogen) atoms. The molecular formula is C25H18Br2O. The van der Waals surface area contributed by atoms with Crippen molar-refractivity contribution in [2.45, 2.75) is 17.8 Å². The van der Waals surface area contributed by atoms with Gasteiger partial charge in [0.25, 0.3) is 0 Å². The molecule has 0 radical (unpaired) electrons. The summed E-state index contributed by atoms with van der Waals surface area (Å²) in [7, 11) is 0. The van der Waals surface area contributed by atoms with E-state index in [-0.39, 0.29) is 11.2 Å². The Morgan fingerprint density at radius 2 is 1.57 bits per heavy atom. The van der Waals surface area contributed by atoms with Crippen molar-refractivity contribution in [3.8, 4) is 5.75 Å². The van der Waals surface area contributed by atoms with Crippen LogP contribution in [-0.4, -0.2) is 5.11 Å². The second-order valence-electron chi connectivity index (χ2n) is 7.37. The number of benzene rings is 3. The van der Waals surface area contributed by atoms with Gasteiger partial charge in [-0.15, -0.1) is 0 Å². The Balaban J connectivity index is 1.93. The van der Waals surface area contributed by atoms with E-state index in [1.165, 1.54) is 27.8 Å². The minimum atomic E-state index is -0.383. The number of phenolic OH excluding ortho intramolecular Hbond substituents is 1. The van der Waals surface area contributed by atoms with Crippen molar-refractivity contribution in [1.29, 1.82) is 0 Å². The van der Waals surface area contributed by atoms with Crippen molar-refractivity contribution in [1.82, 2.24) is 0 Å². The normalized spacial score (nSPS) is 22.9. The van der Waals surface area contributed by atoms with Crippen LogP contribution in [0, 0.1) is 0 Å². The van der Waals surface area contributed by atoms with Crippen molar-refractivity contribution < 1.29 is 5.11 Å². The monoisotopic (exact) mass is 492 g/mol. The summed E-state index contributed by atoms with van der Waals surface area (Å²) in [5.41, 5.74) is 6.11. The lowest BCUT2D eigenvalue weighted by atomic mass is 9.66. The van der Waals surface area contributed by atoms with Crippen LogP contribution >= 0.6 is 31.9 Å². The highest BCUT2D eigenvalue weighted by molar-refractivity contribution is 9.12. The van der Waals surface area contributed by atoms with Gasteiger partial charge in [0.2, 0.25) is 0 Å². The Kier molecular flexibility index (Phi) is 4.33. The Labute approximate surface area is 181 Å². The molecule has 3 aromatic rings. The highest BCUT2D eigenvalue weighted by atomic mass is 79.9. The first-order valence-electron chi connectivity index (χ1n) is 9.33. The van der Waals surface area contributed by atoms with Crippen molar-refractivity contribution >= 4 is 31.9 Å². The first-order valence-corrected chi connectivity index (χ1v) is 10.9. The van der Waals surface area contributed by atoms with Crippen LogP contribution in [0.15, 0.2) is 99.5 Å². The van der Waals surface area contributed by atoms with Crippen LogP contribution in [0.4, 0.5) is 0 Å². The highest BCUT2D eigenvalue weighted by Crippen LogP contribution is 2.60. The highest BCUT2D eigenvalue weighted by Gasteiger charge is 2.50. The predicted octanol–water partition coefficient (Wildman–Crippen LogP) is 7.20. The van der Waals surface area contributed by atoms with Gasteiger partial charge >= 0.3 is 0 Å². The van der Waals surface area contributed by atoms with Crippen molar-refractivity contribution in [2.75, 3.05) is 0 Å². The third-order valence-electron chi connectivity index (χ3n) is 5.95. The maximum atomic E-state index is 9.93. The smallest absolute Gasteiger partial charge is 0.115 e. The molecule has 5 rings (SSSR count). The van der Waals surface area contributed by atoms with Crippen LogP contribution in [0.1, 0.15) is 34.6 Å². The zero-order valence-electron chi connectivity index (χ0n) is 15.1. The van der Waals surface area contributed by atoms with Gasteiger partial charge in [0.1, 0.15) is 5.75 Å². The van der Waals surface area contributed by atoms with Crippen molar-refractivity contribution in [3.63, 3.8) is 0 Å². The Hall–Kier alpha value is -2.10. The quantitative estimate of drug-likeness (QED) is 0.400. The summed E-state index contributed by atoms with van der Waals surface area (Å²) in [6.07, 6.45) is 5.54. The summed E-state index contributed by atoms with van der Waals surface area (Å²) < 4.78 is 2.21. The number of hydrogen-bond acceptors (Lipinski definition) is 1. The van der Waals surface area contributed by atoms with E-state index in [0.29, 0.717) is 5.92 Å². The Bertz CT molecular complexity index is 1110. The number of allylic oxidation sites excluding steroid dienone is 4. The van der Waals surface area contributed by atoms with E-state index in [1.54, 1.807) is 12.1 Å². The second-order valence-corrected chi connectivity index (χ2v) is 9.20. The van der Waals surface area contributed by atoms with Crippen molar-refractivity contribution in [2.24, 2.45) is 0 Å². The van der Waals surface area contributed by atoms with Crippen LogP contribution < -0.4 is 0 Å². The average molecular weight is 494 g/mol. The molecule has 0 saturated carbocycles. The SMILES string of the molecule is Oc1ccc(C2(c3ccccc3)C3=CC(Br)=CCC3c3ccc(Br)cc32)cc1.